The molecular weight excluding hydrogens is 877 g/mol. The van der Waals surface area contributed by atoms with Gasteiger partial charge in [-0.2, -0.15) is 0 Å². The highest BCUT2D eigenvalue weighted by Crippen LogP contribution is 2.17. The Morgan fingerprint density at radius 2 is 0.507 bits per heavy atom. The maximum absolute atomic E-state index is 12.9. The van der Waals surface area contributed by atoms with Crippen molar-refractivity contribution in [3.05, 3.63) is 36.5 Å². The van der Waals surface area contributed by atoms with E-state index in [4.69, 9.17) is 14.2 Å². The van der Waals surface area contributed by atoms with E-state index in [1.165, 1.54) is 218 Å². The topological polar surface area (TPSA) is 78.9 Å². The molecule has 0 heterocycles. The van der Waals surface area contributed by atoms with Crippen LogP contribution >= 0.6 is 0 Å². The summed E-state index contributed by atoms with van der Waals surface area (Å²) in [5, 5.41) is 0. The zero-order chi connectivity index (χ0) is 51.4. The summed E-state index contributed by atoms with van der Waals surface area (Å²) in [6, 6.07) is 0. The van der Waals surface area contributed by atoms with Gasteiger partial charge in [0.15, 0.2) is 6.10 Å². The van der Waals surface area contributed by atoms with Crippen molar-refractivity contribution in [3.63, 3.8) is 0 Å². The van der Waals surface area contributed by atoms with E-state index in [-0.39, 0.29) is 31.1 Å². The van der Waals surface area contributed by atoms with Gasteiger partial charge in [-0.3, -0.25) is 14.4 Å². The van der Waals surface area contributed by atoms with Crippen LogP contribution in [0.1, 0.15) is 342 Å². The summed E-state index contributed by atoms with van der Waals surface area (Å²) in [4.78, 5) is 38.3. The average Bonchev–Trinajstić information content (AvgIpc) is 3.37. The van der Waals surface area contributed by atoms with E-state index in [0.717, 1.165) is 83.5 Å². The quantitative estimate of drug-likeness (QED) is 0.0261. The van der Waals surface area contributed by atoms with Crippen molar-refractivity contribution in [2.75, 3.05) is 13.2 Å². The van der Waals surface area contributed by atoms with Crippen LogP contribution in [-0.4, -0.2) is 37.2 Å². The highest BCUT2D eigenvalue weighted by Gasteiger charge is 2.19. The predicted molar refractivity (Wildman–Crippen MR) is 307 cm³/mol. The Hall–Kier alpha value is -2.37. The lowest BCUT2D eigenvalue weighted by molar-refractivity contribution is -0.167. The molecule has 0 aliphatic heterocycles. The fourth-order valence-corrected chi connectivity index (χ4v) is 9.35. The highest BCUT2D eigenvalue weighted by molar-refractivity contribution is 5.71. The second kappa shape index (κ2) is 60.2. The van der Waals surface area contributed by atoms with Crippen LogP contribution in [0.15, 0.2) is 36.5 Å². The van der Waals surface area contributed by atoms with E-state index in [1.807, 2.05) is 0 Å². The molecule has 0 aromatic heterocycles. The maximum Gasteiger partial charge on any atom is 0.306 e. The van der Waals surface area contributed by atoms with E-state index < -0.39 is 6.10 Å². The normalized spacial score (nSPS) is 12.2. The number of esters is 3. The highest BCUT2D eigenvalue weighted by atomic mass is 16.6. The number of hydrogen-bond acceptors (Lipinski definition) is 6. The molecule has 6 heteroatoms. The summed E-state index contributed by atoms with van der Waals surface area (Å²) >= 11 is 0. The van der Waals surface area contributed by atoms with Gasteiger partial charge in [0.05, 0.1) is 0 Å². The Morgan fingerprint density at radius 1 is 0.282 bits per heavy atom. The first kappa shape index (κ1) is 68.6. The molecule has 0 aliphatic rings. The van der Waals surface area contributed by atoms with Crippen LogP contribution in [0.4, 0.5) is 0 Å². The Morgan fingerprint density at radius 3 is 0.803 bits per heavy atom. The maximum atomic E-state index is 12.9. The molecule has 0 saturated carbocycles. The van der Waals surface area contributed by atoms with Crippen LogP contribution in [-0.2, 0) is 28.6 Å². The van der Waals surface area contributed by atoms with Crippen molar-refractivity contribution in [3.8, 4) is 0 Å². The molecular formula is C65H120O6. The minimum atomic E-state index is -0.778. The van der Waals surface area contributed by atoms with Crippen molar-refractivity contribution < 1.29 is 28.6 Å². The Balaban J connectivity index is 4.33. The van der Waals surface area contributed by atoms with Gasteiger partial charge < -0.3 is 14.2 Å². The molecule has 0 rings (SSSR count). The molecule has 0 fully saturated rings. The second-order valence-corrected chi connectivity index (χ2v) is 21.3. The van der Waals surface area contributed by atoms with Crippen LogP contribution in [0.2, 0.25) is 0 Å². The van der Waals surface area contributed by atoms with Gasteiger partial charge in [-0.15, -0.1) is 0 Å². The van der Waals surface area contributed by atoms with Crippen molar-refractivity contribution in [2.24, 2.45) is 0 Å². The third-order valence-electron chi connectivity index (χ3n) is 14.1. The number of allylic oxidation sites excluding steroid dienone is 6. The number of unbranched alkanes of at least 4 members (excludes halogenated alkanes) is 41. The van der Waals surface area contributed by atoms with E-state index >= 15 is 0 Å². The molecule has 0 radical (unpaired) electrons. The van der Waals surface area contributed by atoms with E-state index in [9.17, 15) is 14.4 Å². The molecule has 71 heavy (non-hydrogen) atoms. The summed E-state index contributed by atoms with van der Waals surface area (Å²) in [6.07, 6.45) is 72.8. The van der Waals surface area contributed by atoms with Crippen LogP contribution in [0.25, 0.3) is 0 Å². The Kier molecular flexibility index (Phi) is 58.2. The third-order valence-corrected chi connectivity index (χ3v) is 14.1. The standard InChI is InChI=1S/C65H120O6/c1-4-7-10-13-16-19-22-25-28-31-32-33-34-35-38-40-43-46-49-52-55-58-64(67)70-61-62(71-65(68)59-56-53-50-47-44-41-37-30-27-24-21-18-15-12-9-6-3)60-69-63(66)57-54-51-48-45-42-39-36-29-26-23-20-17-14-11-8-5-2/h21,24,30-32,37,62H,4-20,22-23,25-29,33-36,38-61H2,1-3H3/b24-21-,32-31-,37-30-. The number of carbonyl (C=O) groups is 3. The summed E-state index contributed by atoms with van der Waals surface area (Å²) in [6.45, 7) is 6.67. The molecule has 0 bridgehead atoms. The van der Waals surface area contributed by atoms with Crippen molar-refractivity contribution in [1.82, 2.24) is 0 Å². The average molecular weight is 998 g/mol. The number of rotatable bonds is 58. The number of hydrogen-bond donors (Lipinski definition) is 0. The Labute approximate surface area is 442 Å². The first-order valence-corrected chi connectivity index (χ1v) is 31.5. The number of carbonyl (C=O) groups excluding carboxylic acids is 3. The SMILES string of the molecule is CCCCCC/C=C\C/C=C\CCCCCCCC(=O)OC(COC(=O)CCCCCCCCCCC/C=C\CCCCCCCCCC)COC(=O)CCCCCCCCCCCCCCCCCC. The van der Waals surface area contributed by atoms with Crippen LogP contribution in [0, 0.1) is 0 Å². The zero-order valence-corrected chi connectivity index (χ0v) is 47.8. The molecule has 0 N–H and O–H groups in total. The van der Waals surface area contributed by atoms with Crippen molar-refractivity contribution in [1.29, 1.82) is 0 Å². The third kappa shape index (κ3) is 58.4. The fraction of sp³-hybridized carbons (Fsp3) is 0.862. The van der Waals surface area contributed by atoms with Crippen LogP contribution in [0.3, 0.4) is 0 Å². The molecule has 0 aromatic rings. The molecule has 0 amide bonds. The number of ether oxygens (including phenoxy) is 3. The van der Waals surface area contributed by atoms with Crippen molar-refractivity contribution in [2.45, 2.75) is 348 Å². The first-order valence-electron chi connectivity index (χ1n) is 31.5. The monoisotopic (exact) mass is 997 g/mol. The lowest BCUT2D eigenvalue weighted by atomic mass is 10.0. The Bertz CT molecular complexity index is 1190. The second-order valence-electron chi connectivity index (χ2n) is 21.3. The minimum absolute atomic E-state index is 0.0744. The van der Waals surface area contributed by atoms with Gasteiger partial charge in [-0.1, -0.05) is 282 Å². The smallest absolute Gasteiger partial charge is 0.306 e. The predicted octanol–water partition coefficient (Wildman–Crippen LogP) is 21.2. The first-order chi connectivity index (χ1) is 35.0. The van der Waals surface area contributed by atoms with E-state index in [1.54, 1.807) is 0 Å². The van der Waals surface area contributed by atoms with Gasteiger partial charge in [0, 0.05) is 19.3 Å². The van der Waals surface area contributed by atoms with Crippen LogP contribution < -0.4 is 0 Å². The van der Waals surface area contributed by atoms with Gasteiger partial charge in [0.25, 0.3) is 0 Å². The lowest BCUT2D eigenvalue weighted by Crippen LogP contribution is -2.30. The van der Waals surface area contributed by atoms with Gasteiger partial charge >= 0.3 is 17.9 Å². The molecule has 1 atom stereocenters. The minimum Gasteiger partial charge on any atom is -0.462 e. The molecule has 0 saturated heterocycles. The molecule has 1 unspecified atom stereocenters. The summed E-state index contributed by atoms with van der Waals surface area (Å²) in [5.41, 5.74) is 0. The van der Waals surface area contributed by atoms with Gasteiger partial charge in [0.1, 0.15) is 13.2 Å². The van der Waals surface area contributed by atoms with E-state index in [2.05, 4.69) is 57.2 Å². The van der Waals surface area contributed by atoms with Crippen molar-refractivity contribution >= 4 is 17.9 Å². The van der Waals surface area contributed by atoms with Gasteiger partial charge in [-0.05, 0) is 77.0 Å². The van der Waals surface area contributed by atoms with Gasteiger partial charge in [0.2, 0.25) is 0 Å². The molecule has 0 spiro atoms. The lowest BCUT2D eigenvalue weighted by Gasteiger charge is -2.18. The molecule has 0 aliphatic carbocycles. The molecule has 416 valence electrons. The summed E-state index contributed by atoms with van der Waals surface area (Å²) in [5.74, 6) is -0.868. The molecule has 6 nitrogen and oxygen atoms in total. The van der Waals surface area contributed by atoms with Gasteiger partial charge in [-0.25, -0.2) is 0 Å². The fourth-order valence-electron chi connectivity index (χ4n) is 9.35. The van der Waals surface area contributed by atoms with Crippen LogP contribution in [0.5, 0.6) is 0 Å². The summed E-state index contributed by atoms with van der Waals surface area (Å²) in [7, 11) is 0. The zero-order valence-electron chi connectivity index (χ0n) is 47.8. The largest absolute Gasteiger partial charge is 0.462 e. The molecule has 0 aromatic carbocycles. The van der Waals surface area contributed by atoms with E-state index in [0.29, 0.717) is 19.3 Å². The summed E-state index contributed by atoms with van der Waals surface area (Å²) < 4.78 is 16.9.